The average Bonchev–Trinajstić information content (AvgIpc) is 2.85. The summed E-state index contributed by atoms with van der Waals surface area (Å²) < 4.78 is 1.83. The molecule has 0 saturated heterocycles. The van der Waals surface area contributed by atoms with Crippen LogP contribution in [-0.4, -0.2) is 16.2 Å². The van der Waals surface area contributed by atoms with E-state index < -0.39 is 18.0 Å². The van der Waals surface area contributed by atoms with Gasteiger partial charge in [0.2, 0.25) is 0 Å². The van der Waals surface area contributed by atoms with Crippen LogP contribution in [0.5, 0.6) is 0 Å². The van der Waals surface area contributed by atoms with Crippen molar-refractivity contribution in [2.75, 3.05) is 0 Å². The van der Waals surface area contributed by atoms with E-state index in [4.69, 9.17) is 5.11 Å². The minimum Gasteiger partial charge on any atom is -0.481 e. The minimum atomic E-state index is -0.791. The molecule has 1 fully saturated rings. The Labute approximate surface area is 120 Å². The third kappa shape index (κ3) is 2.75. The lowest BCUT2D eigenvalue weighted by Crippen LogP contribution is -2.23. The van der Waals surface area contributed by atoms with Crippen molar-refractivity contribution in [3.05, 3.63) is 19.2 Å². The first-order valence-corrected chi connectivity index (χ1v) is 7.76. The number of thiophene rings is 1. The third-order valence-electron chi connectivity index (χ3n) is 3.25. The van der Waals surface area contributed by atoms with E-state index in [0.29, 0.717) is 6.42 Å². The maximum Gasteiger partial charge on any atom is 0.306 e. The SMILES string of the molecule is O=C(O)C1CCCC1C(O)c1cc(Br)c(Br)s1. The molecule has 0 radical (unpaired) electrons. The number of halogens is 2. The molecule has 1 aliphatic carbocycles. The zero-order chi connectivity index (χ0) is 12.6. The normalized spacial score (nSPS) is 26.1. The van der Waals surface area contributed by atoms with Crippen LogP contribution in [0.3, 0.4) is 0 Å². The summed E-state index contributed by atoms with van der Waals surface area (Å²) in [6.07, 6.45) is 1.66. The molecule has 0 spiro atoms. The van der Waals surface area contributed by atoms with Crippen LogP contribution in [-0.2, 0) is 4.79 Å². The zero-order valence-corrected chi connectivity index (χ0v) is 12.9. The molecule has 94 valence electrons. The van der Waals surface area contributed by atoms with E-state index in [9.17, 15) is 9.90 Å². The summed E-state index contributed by atoms with van der Waals surface area (Å²) in [4.78, 5) is 11.9. The second-order valence-corrected chi connectivity index (χ2v) is 7.51. The van der Waals surface area contributed by atoms with Crippen LogP contribution in [0.25, 0.3) is 0 Å². The Bertz CT molecular complexity index is 413. The lowest BCUT2D eigenvalue weighted by molar-refractivity contribution is -0.144. The Morgan fingerprint density at radius 2 is 2.18 bits per heavy atom. The molecular weight excluding hydrogens is 372 g/mol. The van der Waals surface area contributed by atoms with Crippen molar-refractivity contribution in [1.82, 2.24) is 0 Å². The van der Waals surface area contributed by atoms with Crippen molar-refractivity contribution < 1.29 is 15.0 Å². The van der Waals surface area contributed by atoms with Crippen LogP contribution in [0.4, 0.5) is 0 Å². The molecule has 0 aromatic carbocycles. The summed E-state index contributed by atoms with van der Waals surface area (Å²) in [6, 6.07) is 1.86. The first-order valence-electron chi connectivity index (χ1n) is 5.36. The molecule has 3 atom stereocenters. The monoisotopic (exact) mass is 382 g/mol. The fourth-order valence-electron chi connectivity index (χ4n) is 2.39. The molecule has 2 rings (SSSR count). The number of rotatable bonds is 3. The Morgan fingerprint density at radius 3 is 2.71 bits per heavy atom. The van der Waals surface area contributed by atoms with Gasteiger partial charge in [0.1, 0.15) is 0 Å². The number of hydrogen-bond donors (Lipinski definition) is 2. The second-order valence-electron chi connectivity index (χ2n) is 4.25. The van der Waals surface area contributed by atoms with Crippen molar-refractivity contribution >= 4 is 49.2 Å². The van der Waals surface area contributed by atoms with Gasteiger partial charge < -0.3 is 10.2 Å². The molecule has 1 aromatic rings. The summed E-state index contributed by atoms with van der Waals surface area (Å²) in [5.41, 5.74) is 0. The average molecular weight is 384 g/mol. The van der Waals surface area contributed by atoms with Gasteiger partial charge in [-0.1, -0.05) is 6.42 Å². The molecule has 1 heterocycles. The van der Waals surface area contributed by atoms with Gasteiger partial charge in [0.15, 0.2) is 0 Å². The molecule has 2 N–H and O–H groups in total. The van der Waals surface area contributed by atoms with E-state index in [0.717, 1.165) is 26.0 Å². The third-order valence-corrected chi connectivity index (χ3v) is 6.57. The Hall–Kier alpha value is 0.0900. The lowest BCUT2D eigenvalue weighted by atomic mass is 9.90. The number of aliphatic hydroxyl groups is 1. The zero-order valence-electron chi connectivity index (χ0n) is 8.90. The van der Waals surface area contributed by atoms with Crippen LogP contribution in [0, 0.1) is 11.8 Å². The molecule has 17 heavy (non-hydrogen) atoms. The maximum absolute atomic E-state index is 11.1. The highest BCUT2D eigenvalue weighted by Crippen LogP contribution is 2.44. The highest BCUT2D eigenvalue weighted by molar-refractivity contribution is 9.13. The molecule has 0 aliphatic heterocycles. The smallest absolute Gasteiger partial charge is 0.306 e. The molecule has 1 aliphatic rings. The van der Waals surface area contributed by atoms with Gasteiger partial charge in [-0.2, -0.15) is 0 Å². The van der Waals surface area contributed by atoms with E-state index >= 15 is 0 Å². The van der Waals surface area contributed by atoms with Crippen LogP contribution in [0.1, 0.15) is 30.2 Å². The number of aliphatic hydroxyl groups excluding tert-OH is 1. The van der Waals surface area contributed by atoms with Crippen molar-refractivity contribution in [1.29, 1.82) is 0 Å². The number of aliphatic carboxylic acids is 1. The van der Waals surface area contributed by atoms with Crippen molar-refractivity contribution in [3.63, 3.8) is 0 Å². The number of hydrogen-bond acceptors (Lipinski definition) is 3. The quantitative estimate of drug-likeness (QED) is 0.834. The van der Waals surface area contributed by atoms with E-state index in [1.165, 1.54) is 11.3 Å². The Balaban J connectivity index is 2.19. The second kappa shape index (κ2) is 5.38. The summed E-state index contributed by atoms with van der Waals surface area (Å²) in [5, 5.41) is 19.4. The summed E-state index contributed by atoms with van der Waals surface area (Å²) in [7, 11) is 0. The summed E-state index contributed by atoms with van der Waals surface area (Å²) in [6.45, 7) is 0. The highest BCUT2D eigenvalue weighted by atomic mass is 79.9. The van der Waals surface area contributed by atoms with Gasteiger partial charge in [-0.05, 0) is 50.8 Å². The summed E-state index contributed by atoms with van der Waals surface area (Å²) in [5.74, 6) is -1.36. The standard InChI is InChI=1S/C11H12Br2O3S/c12-7-4-8(17-10(7)13)9(14)5-2-1-3-6(5)11(15)16/h4-6,9,14H,1-3H2,(H,15,16). The molecule has 0 bridgehead atoms. The molecule has 3 unspecified atom stereocenters. The van der Waals surface area contributed by atoms with Gasteiger partial charge in [-0.25, -0.2) is 0 Å². The van der Waals surface area contributed by atoms with Crippen molar-refractivity contribution in [2.45, 2.75) is 25.4 Å². The molecule has 0 amide bonds. The van der Waals surface area contributed by atoms with Gasteiger partial charge >= 0.3 is 5.97 Å². The lowest BCUT2D eigenvalue weighted by Gasteiger charge is -2.20. The molecule has 6 heteroatoms. The van der Waals surface area contributed by atoms with Crippen LogP contribution in [0.15, 0.2) is 14.3 Å². The Kier molecular flexibility index (Phi) is 4.28. The first-order chi connectivity index (χ1) is 8.00. The largest absolute Gasteiger partial charge is 0.481 e. The fraction of sp³-hybridized carbons (Fsp3) is 0.545. The van der Waals surface area contributed by atoms with Gasteiger partial charge in [0.25, 0.3) is 0 Å². The molecule has 3 nitrogen and oxygen atoms in total. The minimum absolute atomic E-state index is 0.162. The van der Waals surface area contributed by atoms with Crippen LogP contribution >= 0.6 is 43.2 Å². The Morgan fingerprint density at radius 1 is 1.47 bits per heavy atom. The van der Waals surface area contributed by atoms with E-state index in [1.807, 2.05) is 6.07 Å². The maximum atomic E-state index is 11.1. The predicted molar refractivity (Wildman–Crippen MR) is 73.1 cm³/mol. The van der Waals surface area contributed by atoms with Gasteiger partial charge in [-0.15, -0.1) is 11.3 Å². The van der Waals surface area contributed by atoms with Crippen molar-refractivity contribution in [3.8, 4) is 0 Å². The van der Waals surface area contributed by atoms with Crippen LogP contribution < -0.4 is 0 Å². The molecule has 1 aromatic heterocycles. The topological polar surface area (TPSA) is 57.5 Å². The van der Waals surface area contributed by atoms with Gasteiger partial charge in [-0.3, -0.25) is 4.79 Å². The number of carboxylic acids is 1. The fourth-order valence-corrected chi connectivity index (χ4v) is 4.55. The van der Waals surface area contributed by atoms with Crippen molar-refractivity contribution in [2.24, 2.45) is 11.8 Å². The van der Waals surface area contributed by atoms with E-state index in [2.05, 4.69) is 31.9 Å². The summed E-state index contributed by atoms with van der Waals surface area (Å²) >= 11 is 8.20. The predicted octanol–water partition coefficient (Wildman–Crippen LogP) is 3.81. The van der Waals surface area contributed by atoms with Gasteiger partial charge in [0.05, 0.1) is 15.8 Å². The first kappa shape index (κ1) is 13.5. The number of carboxylic acid groups (broad SMARTS) is 1. The highest BCUT2D eigenvalue weighted by Gasteiger charge is 2.38. The van der Waals surface area contributed by atoms with E-state index in [1.54, 1.807) is 0 Å². The molecular formula is C11H12Br2O3S. The van der Waals surface area contributed by atoms with Crippen LogP contribution in [0.2, 0.25) is 0 Å². The van der Waals surface area contributed by atoms with Gasteiger partial charge in [0, 0.05) is 15.3 Å². The molecule has 1 saturated carbocycles. The number of carbonyl (C=O) groups is 1. The van der Waals surface area contributed by atoms with E-state index in [-0.39, 0.29) is 5.92 Å².